The van der Waals surface area contributed by atoms with Gasteiger partial charge < -0.3 is 9.84 Å². The third kappa shape index (κ3) is 10.5. The van der Waals surface area contributed by atoms with E-state index in [1.165, 1.54) is 7.11 Å². The average Bonchev–Trinajstić information content (AvgIpc) is 2.33. The van der Waals surface area contributed by atoms with Crippen LogP contribution in [-0.4, -0.2) is 45.5 Å². The van der Waals surface area contributed by atoms with Crippen molar-refractivity contribution >= 4 is 16.0 Å². The molecule has 0 fully saturated rings. The van der Waals surface area contributed by atoms with Gasteiger partial charge in [-0.3, -0.25) is 4.79 Å². The SMILES string of the molecule is COC(=O)CCCS(=O)(=O)NCCCCCCO. The van der Waals surface area contributed by atoms with Crippen LogP contribution < -0.4 is 4.72 Å². The minimum Gasteiger partial charge on any atom is -0.469 e. The molecule has 0 saturated carbocycles. The Hall–Kier alpha value is -0.660. The Bertz CT molecular complexity index is 315. The molecule has 18 heavy (non-hydrogen) atoms. The fourth-order valence-electron chi connectivity index (χ4n) is 1.40. The molecule has 0 bridgehead atoms. The highest BCUT2D eigenvalue weighted by Gasteiger charge is 2.10. The number of aliphatic hydroxyl groups is 1. The average molecular weight is 281 g/mol. The Morgan fingerprint density at radius 3 is 2.44 bits per heavy atom. The van der Waals surface area contributed by atoms with Crippen LogP contribution in [0.2, 0.25) is 0 Å². The van der Waals surface area contributed by atoms with Gasteiger partial charge in [-0.2, -0.15) is 0 Å². The number of ether oxygens (including phenoxy) is 1. The zero-order valence-electron chi connectivity index (χ0n) is 10.9. The maximum absolute atomic E-state index is 11.5. The first-order valence-electron chi connectivity index (χ1n) is 6.17. The lowest BCUT2D eigenvalue weighted by molar-refractivity contribution is -0.140. The Morgan fingerprint density at radius 2 is 1.83 bits per heavy atom. The molecule has 0 rings (SSSR count). The molecule has 0 aromatic rings. The maximum Gasteiger partial charge on any atom is 0.305 e. The van der Waals surface area contributed by atoms with Gasteiger partial charge in [0.15, 0.2) is 0 Å². The Labute approximate surface area is 109 Å². The Balaban J connectivity index is 3.58. The standard InChI is InChI=1S/C11H23NO5S/c1-17-11(14)7-6-10-18(15,16)12-8-4-2-3-5-9-13/h12-13H,2-10H2,1H3. The van der Waals surface area contributed by atoms with E-state index in [9.17, 15) is 13.2 Å². The number of carbonyl (C=O) groups is 1. The molecular weight excluding hydrogens is 258 g/mol. The monoisotopic (exact) mass is 281 g/mol. The summed E-state index contributed by atoms with van der Waals surface area (Å²) in [5.74, 6) is -0.451. The van der Waals surface area contributed by atoms with Crippen LogP contribution in [-0.2, 0) is 19.6 Å². The summed E-state index contributed by atoms with van der Waals surface area (Å²) in [6, 6.07) is 0. The summed E-state index contributed by atoms with van der Waals surface area (Å²) in [6.07, 6.45) is 3.70. The number of hydrogen-bond acceptors (Lipinski definition) is 5. The lowest BCUT2D eigenvalue weighted by Crippen LogP contribution is -2.27. The van der Waals surface area contributed by atoms with E-state index in [0.717, 1.165) is 25.7 Å². The highest BCUT2D eigenvalue weighted by Crippen LogP contribution is 2.00. The van der Waals surface area contributed by atoms with Crippen LogP contribution in [0.15, 0.2) is 0 Å². The first-order chi connectivity index (χ1) is 8.52. The third-order valence-corrected chi connectivity index (χ3v) is 3.90. The number of sulfonamides is 1. The highest BCUT2D eigenvalue weighted by atomic mass is 32.2. The third-order valence-electron chi connectivity index (χ3n) is 2.43. The van der Waals surface area contributed by atoms with Gasteiger partial charge in [-0.1, -0.05) is 12.8 Å². The summed E-state index contributed by atoms with van der Waals surface area (Å²) in [6.45, 7) is 0.589. The first-order valence-corrected chi connectivity index (χ1v) is 7.82. The largest absolute Gasteiger partial charge is 0.469 e. The van der Waals surface area contributed by atoms with Gasteiger partial charge in [0.05, 0.1) is 12.9 Å². The van der Waals surface area contributed by atoms with Gasteiger partial charge in [0.1, 0.15) is 0 Å². The number of esters is 1. The molecule has 0 atom stereocenters. The Kier molecular flexibility index (Phi) is 9.90. The zero-order valence-corrected chi connectivity index (χ0v) is 11.7. The molecule has 0 aromatic heterocycles. The van der Waals surface area contributed by atoms with Gasteiger partial charge in [0.25, 0.3) is 0 Å². The fourth-order valence-corrected chi connectivity index (χ4v) is 2.52. The highest BCUT2D eigenvalue weighted by molar-refractivity contribution is 7.89. The van der Waals surface area contributed by atoms with Crippen molar-refractivity contribution in [3.05, 3.63) is 0 Å². The number of aliphatic hydroxyl groups excluding tert-OH is 1. The van der Waals surface area contributed by atoms with E-state index in [1.807, 2.05) is 0 Å². The second-order valence-electron chi connectivity index (χ2n) is 4.03. The molecule has 0 spiro atoms. The maximum atomic E-state index is 11.5. The quantitative estimate of drug-likeness (QED) is 0.423. The molecule has 0 aliphatic heterocycles. The van der Waals surface area contributed by atoms with Gasteiger partial charge in [-0.15, -0.1) is 0 Å². The number of methoxy groups -OCH3 is 1. The van der Waals surface area contributed by atoms with Crippen LogP contribution in [0.4, 0.5) is 0 Å². The van der Waals surface area contributed by atoms with Gasteiger partial charge in [0, 0.05) is 19.6 Å². The second kappa shape index (κ2) is 10.3. The van der Waals surface area contributed by atoms with Crippen molar-refractivity contribution in [1.29, 1.82) is 0 Å². The van der Waals surface area contributed by atoms with E-state index in [-0.39, 0.29) is 25.2 Å². The van der Waals surface area contributed by atoms with Crippen molar-refractivity contribution in [3.63, 3.8) is 0 Å². The summed E-state index contributed by atoms with van der Waals surface area (Å²) < 4.78 is 29.9. The fraction of sp³-hybridized carbons (Fsp3) is 0.909. The molecule has 2 N–H and O–H groups in total. The van der Waals surface area contributed by atoms with Gasteiger partial charge in [0.2, 0.25) is 10.0 Å². The van der Waals surface area contributed by atoms with Crippen molar-refractivity contribution in [1.82, 2.24) is 4.72 Å². The smallest absolute Gasteiger partial charge is 0.305 e. The first kappa shape index (κ1) is 17.3. The van der Waals surface area contributed by atoms with Gasteiger partial charge in [-0.05, 0) is 19.3 Å². The summed E-state index contributed by atoms with van der Waals surface area (Å²) >= 11 is 0. The van der Waals surface area contributed by atoms with Gasteiger partial charge >= 0.3 is 5.97 Å². The normalized spacial score (nSPS) is 11.4. The molecule has 0 radical (unpaired) electrons. The van der Waals surface area contributed by atoms with E-state index in [4.69, 9.17) is 5.11 Å². The molecule has 0 aliphatic rings. The van der Waals surface area contributed by atoms with E-state index in [0.29, 0.717) is 6.54 Å². The topological polar surface area (TPSA) is 92.7 Å². The summed E-state index contributed by atoms with van der Waals surface area (Å²) in [5.41, 5.74) is 0. The molecule has 0 heterocycles. The molecule has 7 heteroatoms. The summed E-state index contributed by atoms with van der Waals surface area (Å²) in [5, 5.41) is 8.57. The predicted molar refractivity (Wildman–Crippen MR) is 68.6 cm³/mol. The van der Waals surface area contributed by atoms with E-state index >= 15 is 0 Å². The van der Waals surface area contributed by atoms with E-state index in [1.54, 1.807) is 0 Å². The van der Waals surface area contributed by atoms with Crippen molar-refractivity contribution in [2.24, 2.45) is 0 Å². The van der Waals surface area contributed by atoms with Crippen LogP contribution in [0.25, 0.3) is 0 Å². The van der Waals surface area contributed by atoms with Crippen LogP contribution in [0, 0.1) is 0 Å². The van der Waals surface area contributed by atoms with Gasteiger partial charge in [-0.25, -0.2) is 13.1 Å². The van der Waals surface area contributed by atoms with Crippen LogP contribution in [0.3, 0.4) is 0 Å². The van der Waals surface area contributed by atoms with Crippen molar-refractivity contribution in [2.45, 2.75) is 38.5 Å². The number of rotatable bonds is 11. The minimum absolute atomic E-state index is 0.0568. The lowest BCUT2D eigenvalue weighted by atomic mass is 10.2. The number of carbonyl (C=O) groups excluding carboxylic acids is 1. The number of nitrogens with one attached hydrogen (secondary N) is 1. The molecule has 0 amide bonds. The van der Waals surface area contributed by atoms with Crippen LogP contribution in [0.5, 0.6) is 0 Å². The zero-order chi connectivity index (χ0) is 13.9. The van der Waals surface area contributed by atoms with E-state index < -0.39 is 16.0 Å². The minimum atomic E-state index is -3.29. The molecule has 0 unspecified atom stereocenters. The lowest BCUT2D eigenvalue weighted by Gasteiger charge is -2.06. The molecular formula is C11H23NO5S. The summed E-state index contributed by atoms with van der Waals surface area (Å²) in [7, 11) is -2.01. The molecule has 0 saturated heterocycles. The molecule has 0 aliphatic carbocycles. The molecule has 108 valence electrons. The van der Waals surface area contributed by atoms with Crippen molar-refractivity contribution in [3.8, 4) is 0 Å². The predicted octanol–water partition coefficient (Wildman–Crippen LogP) is 0.412. The van der Waals surface area contributed by atoms with Crippen molar-refractivity contribution in [2.75, 3.05) is 26.0 Å². The van der Waals surface area contributed by atoms with Crippen molar-refractivity contribution < 1.29 is 23.1 Å². The second-order valence-corrected chi connectivity index (χ2v) is 5.96. The molecule has 6 nitrogen and oxygen atoms in total. The number of hydrogen-bond donors (Lipinski definition) is 2. The number of unbranched alkanes of at least 4 members (excludes halogenated alkanes) is 3. The van der Waals surface area contributed by atoms with E-state index in [2.05, 4.69) is 9.46 Å². The summed E-state index contributed by atoms with van der Waals surface area (Å²) in [4.78, 5) is 10.8. The van der Waals surface area contributed by atoms with Crippen LogP contribution >= 0.6 is 0 Å². The molecule has 0 aromatic carbocycles. The Morgan fingerprint density at radius 1 is 1.17 bits per heavy atom. The van der Waals surface area contributed by atoms with Crippen LogP contribution in [0.1, 0.15) is 38.5 Å².